The molecule has 18 heavy (non-hydrogen) atoms. The van der Waals surface area contributed by atoms with Crippen LogP contribution in [0.25, 0.3) is 0 Å². The fourth-order valence-corrected chi connectivity index (χ4v) is 1.95. The Morgan fingerprint density at radius 1 is 1.56 bits per heavy atom. The second-order valence-electron chi connectivity index (χ2n) is 4.43. The van der Waals surface area contributed by atoms with E-state index in [-0.39, 0.29) is 6.03 Å². The maximum Gasteiger partial charge on any atom is 0.325 e. The summed E-state index contributed by atoms with van der Waals surface area (Å²) in [7, 11) is 0. The molecule has 3 N–H and O–H groups in total. The van der Waals surface area contributed by atoms with E-state index in [0.29, 0.717) is 19.5 Å². The number of carbonyl (C=O) groups is 2. The number of aromatic amines is 1. The molecular formula is C11H16N4O3. The number of H-pyrrole nitrogens is 1. The molecule has 0 saturated heterocycles. The maximum atomic E-state index is 11.8. The molecule has 1 aliphatic rings. The Bertz CT molecular complexity index is 483. The number of amides is 2. The third-order valence-corrected chi connectivity index (χ3v) is 2.95. The van der Waals surface area contributed by atoms with E-state index in [4.69, 9.17) is 5.11 Å². The number of nitrogens with zero attached hydrogens (tertiary/aromatic N) is 2. The van der Waals surface area contributed by atoms with Gasteiger partial charge in [-0.25, -0.2) is 9.78 Å². The highest BCUT2D eigenvalue weighted by atomic mass is 16.4. The van der Waals surface area contributed by atoms with Gasteiger partial charge in [0.2, 0.25) is 0 Å². The zero-order valence-electron chi connectivity index (χ0n) is 10.4. The summed E-state index contributed by atoms with van der Waals surface area (Å²) >= 11 is 0. The molecule has 0 radical (unpaired) electrons. The van der Waals surface area contributed by atoms with Crippen molar-refractivity contribution in [3.63, 3.8) is 0 Å². The lowest BCUT2D eigenvalue weighted by molar-refractivity contribution is -0.138. The van der Waals surface area contributed by atoms with Crippen LogP contribution in [0.1, 0.15) is 24.1 Å². The molecule has 0 bridgehead atoms. The van der Waals surface area contributed by atoms with Gasteiger partial charge in [0.25, 0.3) is 0 Å². The Hall–Kier alpha value is -2.05. The summed E-state index contributed by atoms with van der Waals surface area (Å²) < 4.78 is 0. The first-order valence-corrected chi connectivity index (χ1v) is 5.80. The van der Waals surface area contributed by atoms with Crippen molar-refractivity contribution in [3.05, 3.63) is 17.2 Å². The van der Waals surface area contributed by atoms with Crippen molar-refractivity contribution in [2.75, 3.05) is 6.54 Å². The molecule has 1 aliphatic heterocycles. The Morgan fingerprint density at radius 2 is 2.28 bits per heavy atom. The summed E-state index contributed by atoms with van der Waals surface area (Å²) in [5.41, 5.74) is 1.92. The molecule has 98 valence electrons. The molecular weight excluding hydrogens is 236 g/mol. The largest absolute Gasteiger partial charge is 0.480 e. The van der Waals surface area contributed by atoms with Crippen LogP contribution in [-0.2, 0) is 17.8 Å². The van der Waals surface area contributed by atoms with Crippen molar-refractivity contribution in [1.29, 1.82) is 0 Å². The van der Waals surface area contributed by atoms with Gasteiger partial charge in [0.15, 0.2) is 0 Å². The molecule has 1 aromatic rings. The molecule has 0 spiro atoms. The number of aromatic nitrogens is 2. The van der Waals surface area contributed by atoms with E-state index in [1.54, 1.807) is 4.90 Å². The number of carbonyl (C=O) groups excluding carboxylic acids is 1. The van der Waals surface area contributed by atoms with Crippen molar-refractivity contribution in [3.8, 4) is 0 Å². The number of aliphatic carboxylic acids is 1. The smallest absolute Gasteiger partial charge is 0.325 e. The number of carboxylic acids is 1. The molecule has 0 unspecified atom stereocenters. The quantitative estimate of drug-likeness (QED) is 0.703. The standard InChI is InChI=1S/C11H16N4O3/c1-6(10(16)17)12-11(18)15-4-3-8-9(5-15)14-7(2)13-8/h6H,3-5H2,1-2H3,(H,12,18)(H,13,14)(H,16,17)/t6-/m1/s1. The summed E-state index contributed by atoms with van der Waals surface area (Å²) in [5.74, 6) is -0.209. The summed E-state index contributed by atoms with van der Waals surface area (Å²) in [6.45, 7) is 4.30. The maximum absolute atomic E-state index is 11.8. The molecule has 7 heteroatoms. The summed E-state index contributed by atoms with van der Waals surface area (Å²) in [5, 5.41) is 11.2. The van der Waals surface area contributed by atoms with Crippen LogP contribution < -0.4 is 5.32 Å². The lowest BCUT2D eigenvalue weighted by atomic mass is 10.1. The number of aryl methyl sites for hydroxylation is 1. The van der Waals surface area contributed by atoms with E-state index in [1.807, 2.05) is 6.92 Å². The SMILES string of the molecule is Cc1nc2c([nH]1)CN(C(=O)N[C@H](C)C(=O)O)CC2. The van der Waals surface area contributed by atoms with E-state index in [0.717, 1.165) is 17.2 Å². The van der Waals surface area contributed by atoms with Gasteiger partial charge in [-0.1, -0.05) is 0 Å². The minimum atomic E-state index is -1.04. The molecule has 2 heterocycles. The number of fused-ring (bicyclic) bond motifs is 1. The number of nitrogens with one attached hydrogen (secondary N) is 2. The molecule has 1 atom stereocenters. The van der Waals surface area contributed by atoms with Crippen LogP contribution >= 0.6 is 0 Å². The van der Waals surface area contributed by atoms with Crippen LogP contribution in [0, 0.1) is 6.92 Å². The lowest BCUT2D eigenvalue weighted by Crippen LogP contribution is -2.48. The lowest BCUT2D eigenvalue weighted by Gasteiger charge is -2.27. The predicted molar refractivity (Wildman–Crippen MR) is 63.1 cm³/mol. The van der Waals surface area contributed by atoms with Crippen molar-refractivity contribution in [2.45, 2.75) is 32.9 Å². The molecule has 0 aromatic carbocycles. The highest BCUT2D eigenvalue weighted by molar-refractivity contribution is 5.82. The van der Waals surface area contributed by atoms with Crippen LogP contribution in [0.2, 0.25) is 0 Å². The second kappa shape index (κ2) is 4.67. The van der Waals surface area contributed by atoms with Gasteiger partial charge < -0.3 is 20.3 Å². The van der Waals surface area contributed by atoms with Crippen molar-refractivity contribution < 1.29 is 14.7 Å². The average Bonchev–Trinajstić information content (AvgIpc) is 2.67. The normalized spacial score (nSPS) is 16.0. The summed E-state index contributed by atoms with van der Waals surface area (Å²) in [6.07, 6.45) is 0.689. The van der Waals surface area contributed by atoms with Crippen molar-refractivity contribution in [2.24, 2.45) is 0 Å². The number of imidazole rings is 1. The Balaban J connectivity index is 2.00. The van der Waals surface area contributed by atoms with Gasteiger partial charge >= 0.3 is 12.0 Å². The zero-order valence-corrected chi connectivity index (χ0v) is 10.4. The van der Waals surface area contributed by atoms with E-state index in [1.165, 1.54) is 6.92 Å². The number of urea groups is 1. The summed E-state index contributed by atoms with van der Waals surface area (Å²) in [4.78, 5) is 31.5. The van der Waals surface area contributed by atoms with Gasteiger partial charge in [0.05, 0.1) is 17.9 Å². The average molecular weight is 252 g/mol. The topological polar surface area (TPSA) is 98.3 Å². The van der Waals surface area contributed by atoms with E-state index in [9.17, 15) is 9.59 Å². The first-order chi connectivity index (χ1) is 8.47. The third kappa shape index (κ3) is 2.44. The van der Waals surface area contributed by atoms with E-state index in [2.05, 4.69) is 15.3 Å². The summed E-state index contributed by atoms with van der Waals surface area (Å²) in [6, 6.07) is -1.25. The Kier molecular flexibility index (Phi) is 3.22. The van der Waals surface area contributed by atoms with Crippen LogP contribution in [0.3, 0.4) is 0 Å². The Labute approximate surface area is 104 Å². The third-order valence-electron chi connectivity index (χ3n) is 2.95. The number of hydrogen-bond donors (Lipinski definition) is 3. The van der Waals surface area contributed by atoms with Crippen molar-refractivity contribution in [1.82, 2.24) is 20.2 Å². The number of hydrogen-bond acceptors (Lipinski definition) is 3. The van der Waals surface area contributed by atoms with Crippen LogP contribution in [0.15, 0.2) is 0 Å². The number of carboxylic acid groups (broad SMARTS) is 1. The molecule has 7 nitrogen and oxygen atoms in total. The van der Waals surface area contributed by atoms with Gasteiger partial charge in [0.1, 0.15) is 11.9 Å². The first-order valence-electron chi connectivity index (χ1n) is 5.80. The predicted octanol–water partition coefficient (Wildman–Crippen LogP) is 0.259. The molecule has 2 rings (SSSR count). The molecule has 0 saturated carbocycles. The molecule has 2 amide bonds. The van der Waals surface area contributed by atoms with E-state index < -0.39 is 12.0 Å². The molecule has 0 fully saturated rings. The van der Waals surface area contributed by atoms with Gasteiger partial charge in [-0.15, -0.1) is 0 Å². The first kappa shape index (κ1) is 12.4. The minimum Gasteiger partial charge on any atom is -0.480 e. The zero-order chi connectivity index (χ0) is 13.3. The monoisotopic (exact) mass is 252 g/mol. The van der Waals surface area contributed by atoms with Crippen LogP contribution in [-0.4, -0.2) is 44.6 Å². The fourth-order valence-electron chi connectivity index (χ4n) is 1.95. The second-order valence-corrected chi connectivity index (χ2v) is 4.43. The van der Waals surface area contributed by atoms with Crippen LogP contribution in [0.4, 0.5) is 4.79 Å². The fraction of sp³-hybridized carbons (Fsp3) is 0.545. The van der Waals surface area contributed by atoms with Gasteiger partial charge in [-0.3, -0.25) is 4.79 Å². The van der Waals surface area contributed by atoms with Gasteiger partial charge in [-0.2, -0.15) is 0 Å². The van der Waals surface area contributed by atoms with E-state index >= 15 is 0 Å². The minimum absolute atomic E-state index is 0.359. The molecule has 1 aromatic heterocycles. The number of rotatable bonds is 2. The van der Waals surface area contributed by atoms with Gasteiger partial charge in [-0.05, 0) is 13.8 Å². The Morgan fingerprint density at radius 3 is 2.94 bits per heavy atom. The highest BCUT2D eigenvalue weighted by Gasteiger charge is 2.25. The van der Waals surface area contributed by atoms with Crippen molar-refractivity contribution >= 4 is 12.0 Å². The molecule has 0 aliphatic carbocycles. The van der Waals surface area contributed by atoms with Crippen LogP contribution in [0.5, 0.6) is 0 Å². The highest BCUT2D eigenvalue weighted by Crippen LogP contribution is 2.16. The van der Waals surface area contributed by atoms with Gasteiger partial charge in [0, 0.05) is 13.0 Å².